The van der Waals surface area contributed by atoms with Crippen molar-refractivity contribution in [2.24, 2.45) is 0 Å². The van der Waals surface area contributed by atoms with Crippen LogP contribution in [0.25, 0.3) is 0 Å². The van der Waals surface area contributed by atoms with Gasteiger partial charge in [0, 0.05) is 5.69 Å². The number of aryl methyl sites for hydroxylation is 1. The summed E-state index contributed by atoms with van der Waals surface area (Å²) in [7, 11) is 0. The van der Waals surface area contributed by atoms with Gasteiger partial charge in [-0.2, -0.15) is 5.26 Å². The summed E-state index contributed by atoms with van der Waals surface area (Å²) in [5.74, 6) is 0.794. The number of nitriles is 1. The molecule has 4 heteroatoms. The van der Waals surface area contributed by atoms with Crippen molar-refractivity contribution in [1.29, 1.82) is 5.26 Å². The van der Waals surface area contributed by atoms with Crippen molar-refractivity contribution in [2.45, 2.75) is 44.4 Å². The van der Waals surface area contributed by atoms with Gasteiger partial charge in [-0.1, -0.05) is 0 Å². The molecule has 0 aliphatic carbocycles. The molecular weight excluding hydrogens is 214 g/mol. The highest BCUT2D eigenvalue weighted by Gasteiger charge is 2.40. The van der Waals surface area contributed by atoms with E-state index in [0.29, 0.717) is 23.8 Å². The first kappa shape index (κ1) is 10.5. The van der Waals surface area contributed by atoms with E-state index in [4.69, 9.17) is 10.00 Å². The smallest absolute Gasteiger partial charge is 0.127 e. The first-order valence-electron chi connectivity index (χ1n) is 6.05. The lowest BCUT2D eigenvalue weighted by molar-refractivity contribution is 0.102. The van der Waals surface area contributed by atoms with Crippen LogP contribution in [0.4, 0.5) is 5.82 Å². The van der Waals surface area contributed by atoms with Crippen LogP contribution in [0.3, 0.4) is 0 Å². The van der Waals surface area contributed by atoms with E-state index in [0.717, 1.165) is 24.4 Å². The standard InChI is InChI=1S/C13H15N3O/c1-8-4-9(7-14)5-13(15-8)16-11-6-10-2-3-12(11)17-10/h4-5,10-12H,2-3,6H2,1H3,(H,15,16). The summed E-state index contributed by atoms with van der Waals surface area (Å²) in [6.45, 7) is 1.91. The van der Waals surface area contributed by atoms with Gasteiger partial charge in [0.1, 0.15) is 5.82 Å². The molecule has 0 radical (unpaired) electrons. The van der Waals surface area contributed by atoms with Gasteiger partial charge >= 0.3 is 0 Å². The summed E-state index contributed by atoms with van der Waals surface area (Å²) in [6.07, 6.45) is 4.14. The quantitative estimate of drug-likeness (QED) is 0.842. The number of fused-ring (bicyclic) bond motifs is 2. The van der Waals surface area contributed by atoms with Gasteiger partial charge in [0.2, 0.25) is 0 Å². The molecule has 2 aliphatic heterocycles. The number of ether oxygens (including phenoxy) is 1. The fraction of sp³-hybridized carbons (Fsp3) is 0.538. The Bertz CT molecular complexity index is 480. The number of hydrogen-bond acceptors (Lipinski definition) is 4. The molecule has 0 saturated carbocycles. The fourth-order valence-corrected chi connectivity index (χ4v) is 2.79. The van der Waals surface area contributed by atoms with Crippen molar-refractivity contribution in [3.63, 3.8) is 0 Å². The average molecular weight is 229 g/mol. The molecule has 1 N–H and O–H groups in total. The van der Waals surface area contributed by atoms with Crippen molar-refractivity contribution in [2.75, 3.05) is 5.32 Å². The number of pyridine rings is 1. The second-order valence-electron chi connectivity index (χ2n) is 4.85. The summed E-state index contributed by atoms with van der Waals surface area (Å²) < 4.78 is 5.79. The van der Waals surface area contributed by atoms with Gasteiger partial charge in [0.15, 0.2) is 0 Å². The van der Waals surface area contributed by atoms with E-state index < -0.39 is 0 Å². The molecule has 1 aromatic heterocycles. The lowest BCUT2D eigenvalue weighted by atomic mass is 9.95. The Hall–Kier alpha value is -1.60. The Balaban J connectivity index is 1.77. The molecule has 3 atom stereocenters. The zero-order valence-corrected chi connectivity index (χ0v) is 9.81. The van der Waals surface area contributed by atoms with Crippen LogP contribution < -0.4 is 5.32 Å². The van der Waals surface area contributed by atoms with Gasteiger partial charge in [-0.3, -0.25) is 0 Å². The molecule has 2 saturated heterocycles. The van der Waals surface area contributed by atoms with Crippen LogP contribution >= 0.6 is 0 Å². The maximum atomic E-state index is 8.92. The van der Waals surface area contributed by atoms with Crippen LogP contribution in [0.5, 0.6) is 0 Å². The molecule has 3 rings (SSSR count). The van der Waals surface area contributed by atoms with Gasteiger partial charge in [-0.15, -0.1) is 0 Å². The molecule has 2 fully saturated rings. The number of nitrogens with zero attached hydrogens (tertiary/aromatic N) is 2. The molecule has 0 amide bonds. The summed E-state index contributed by atoms with van der Waals surface area (Å²) in [6, 6.07) is 6.11. The van der Waals surface area contributed by atoms with Crippen LogP contribution in [0.2, 0.25) is 0 Å². The van der Waals surface area contributed by atoms with Crippen molar-refractivity contribution in [3.8, 4) is 6.07 Å². The monoisotopic (exact) mass is 229 g/mol. The average Bonchev–Trinajstić information content (AvgIpc) is 2.90. The first-order chi connectivity index (χ1) is 8.24. The second-order valence-corrected chi connectivity index (χ2v) is 4.85. The number of rotatable bonds is 2. The number of anilines is 1. The Morgan fingerprint density at radius 2 is 2.35 bits per heavy atom. The highest BCUT2D eigenvalue weighted by molar-refractivity contribution is 5.45. The van der Waals surface area contributed by atoms with Gasteiger partial charge in [-0.25, -0.2) is 4.98 Å². The second kappa shape index (κ2) is 4.01. The van der Waals surface area contributed by atoms with E-state index >= 15 is 0 Å². The van der Waals surface area contributed by atoms with Gasteiger partial charge in [-0.05, 0) is 38.3 Å². The molecule has 17 heavy (non-hydrogen) atoms. The molecule has 4 nitrogen and oxygen atoms in total. The molecule has 3 unspecified atom stereocenters. The minimum Gasteiger partial charge on any atom is -0.373 e. The van der Waals surface area contributed by atoms with Crippen LogP contribution in [-0.2, 0) is 4.74 Å². The van der Waals surface area contributed by atoms with E-state index in [2.05, 4.69) is 16.4 Å². The molecule has 1 aromatic rings. The maximum Gasteiger partial charge on any atom is 0.127 e. The molecule has 3 heterocycles. The van der Waals surface area contributed by atoms with E-state index in [1.807, 2.05) is 6.92 Å². The Morgan fingerprint density at radius 1 is 1.47 bits per heavy atom. The Labute approximate surface area is 101 Å². The number of aromatic nitrogens is 1. The normalized spacial score (nSPS) is 30.2. The zero-order chi connectivity index (χ0) is 11.8. The number of hydrogen-bond donors (Lipinski definition) is 1. The van der Waals surface area contributed by atoms with E-state index in [1.165, 1.54) is 6.42 Å². The highest BCUT2D eigenvalue weighted by Crippen LogP contribution is 2.35. The predicted octanol–water partition coefficient (Wildman–Crippen LogP) is 1.99. The van der Waals surface area contributed by atoms with Crippen molar-refractivity contribution in [1.82, 2.24) is 4.98 Å². The van der Waals surface area contributed by atoms with Gasteiger partial charge in [0.05, 0.1) is 29.9 Å². The zero-order valence-electron chi connectivity index (χ0n) is 9.81. The molecule has 2 aliphatic rings. The third-order valence-electron chi connectivity index (χ3n) is 3.52. The minimum absolute atomic E-state index is 0.327. The fourth-order valence-electron chi connectivity index (χ4n) is 2.79. The summed E-state index contributed by atoms with van der Waals surface area (Å²) in [5.41, 5.74) is 1.53. The summed E-state index contributed by atoms with van der Waals surface area (Å²) in [5, 5.41) is 12.3. The molecule has 2 bridgehead atoms. The number of nitrogens with one attached hydrogen (secondary N) is 1. The third-order valence-corrected chi connectivity index (χ3v) is 3.52. The van der Waals surface area contributed by atoms with Crippen molar-refractivity contribution < 1.29 is 4.74 Å². The van der Waals surface area contributed by atoms with E-state index in [1.54, 1.807) is 12.1 Å². The molecular formula is C13H15N3O. The first-order valence-corrected chi connectivity index (χ1v) is 6.05. The predicted molar refractivity (Wildman–Crippen MR) is 63.6 cm³/mol. The maximum absolute atomic E-state index is 8.92. The Kier molecular flexibility index (Phi) is 2.49. The Morgan fingerprint density at radius 3 is 3.00 bits per heavy atom. The largest absolute Gasteiger partial charge is 0.373 e. The highest BCUT2D eigenvalue weighted by atomic mass is 16.5. The van der Waals surface area contributed by atoms with Gasteiger partial charge in [0.25, 0.3) is 0 Å². The van der Waals surface area contributed by atoms with E-state index in [-0.39, 0.29) is 0 Å². The lowest BCUT2D eigenvalue weighted by Crippen LogP contribution is -2.30. The summed E-state index contributed by atoms with van der Waals surface area (Å²) in [4.78, 5) is 4.41. The van der Waals surface area contributed by atoms with Crippen LogP contribution in [0.15, 0.2) is 12.1 Å². The van der Waals surface area contributed by atoms with Crippen LogP contribution in [0, 0.1) is 18.3 Å². The third kappa shape index (κ3) is 1.98. The van der Waals surface area contributed by atoms with Gasteiger partial charge < -0.3 is 10.1 Å². The molecule has 88 valence electrons. The van der Waals surface area contributed by atoms with Crippen LogP contribution in [0.1, 0.15) is 30.5 Å². The SMILES string of the molecule is Cc1cc(C#N)cc(NC2CC3CCC2O3)n1. The van der Waals surface area contributed by atoms with Crippen LogP contribution in [-0.4, -0.2) is 23.2 Å². The molecule has 0 aromatic carbocycles. The van der Waals surface area contributed by atoms with E-state index in [9.17, 15) is 0 Å². The molecule has 0 spiro atoms. The lowest BCUT2D eigenvalue weighted by Gasteiger charge is -2.20. The topological polar surface area (TPSA) is 57.9 Å². The summed E-state index contributed by atoms with van der Waals surface area (Å²) >= 11 is 0. The van der Waals surface area contributed by atoms with Crippen molar-refractivity contribution in [3.05, 3.63) is 23.4 Å². The van der Waals surface area contributed by atoms with Crippen molar-refractivity contribution >= 4 is 5.82 Å². The minimum atomic E-state index is 0.327.